The Balaban J connectivity index is 2.93. The minimum absolute atomic E-state index is 0.115. The third-order valence-electron chi connectivity index (χ3n) is 2.84. The second kappa shape index (κ2) is 7.11. The summed E-state index contributed by atoms with van der Waals surface area (Å²) in [4.78, 5) is 13.1. The number of halogens is 4. The Morgan fingerprint density at radius 1 is 1.35 bits per heavy atom. The lowest BCUT2D eigenvalue weighted by Crippen LogP contribution is -2.39. The summed E-state index contributed by atoms with van der Waals surface area (Å²) in [5.74, 6) is -0.577. The van der Waals surface area contributed by atoms with E-state index < -0.39 is 18.6 Å². The van der Waals surface area contributed by atoms with Gasteiger partial charge in [0.1, 0.15) is 6.54 Å². The van der Waals surface area contributed by atoms with Gasteiger partial charge in [-0.05, 0) is 37.1 Å². The Kier molecular flexibility index (Phi) is 6.05. The van der Waals surface area contributed by atoms with Crippen molar-refractivity contribution in [1.82, 2.24) is 4.90 Å². The fourth-order valence-corrected chi connectivity index (χ4v) is 2.02. The van der Waals surface area contributed by atoms with Gasteiger partial charge >= 0.3 is 6.18 Å². The first-order chi connectivity index (χ1) is 9.24. The Morgan fingerprint density at radius 3 is 2.50 bits per heavy atom. The maximum absolute atomic E-state index is 12.6. The fraction of sp³-hybridized carbons (Fsp3) is 0.500. The molecule has 0 N–H and O–H groups in total. The summed E-state index contributed by atoms with van der Waals surface area (Å²) in [6.45, 7) is 2.58. The first-order valence-corrected chi connectivity index (χ1v) is 7.16. The number of alkyl halides is 3. The van der Waals surface area contributed by atoms with Gasteiger partial charge in [0.25, 0.3) is 5.91 Å². The number of benzene rings is 1. The monoisotopic (exact) mass is 351 g/mol. The van der Waals surface area contributed by atoms with Gasteiger partial charge in [0.15, 0.2) is 0 Å². The molecule has 0 atom stereocenters. The second-order valence-electron chi connectivity index (χ2n) is 4.66. The molecule has 0 aliphatic carbocycles. The third-order valence-corrected chi connectivity index (χ3v) is 3.73. The van der Waals surface area contributed by atoms with Crippen molar-refractivity contribution in [2.75, 3.05) is 13.1 Å². The standard InChI is InChI=1S/C14H17BrF3NO/c1-3-4-7-19(9-14(16,17)18)13(20)11-5-6-12(15)10(2)8-11/h5-6,8H,3-4,7,9H2,1-2H3. The molecule has 1 aromatic rings. The third kappa shape index (κ3) is 5.15. The van der Waals surface area contributed by atoms with Crippen LogP contribution in [0.1, 0.15) is 35.7 Å². The van der Waals surface area contributed by atoms with Crippen LogP contribution in [0.25, 0.3) is 0 Å². The van der Waals surface area contributed by atoms with E-state index in [4.69, 9.17) is 0 Å². The highest BCUT2D eigenvalue weighted by molar-refractivity contribution is 9.10. The number of nitrogens with zero attached hydrogens (tertiary/aromatic N) is 1. The van der Waals surface area contributed by atoms with E-state index in [9.17, 15) is 18.0 Å². The minimum atomic E-state index is -4.38. The predicted molar refractivity (Wildman–Crippen MR) is 75.7 cm³/mol. The van der Waals surface area contributed by atoms with Crippen LogP contribution in [0.2, 0.25) is 0 Å². The molecule has 0 heterocycles. The summed E-state index contributed by atoms with van der Waals surface area (Å²) >= 11 is 3.30. The predicted octanol–water partition coefficient (Wildman–Crippen LogP) is 4.56. The van der Waals surface area contributed by atoms with E-state index in [1.54, 1.807) is 19.1 Å². The number of hydrogen-bond acceptors (Lipinski definition) is 1. The van der Waals surface area contributed by atoms with Gasteiger partial charge in [-0.1, -0.05) is 29.3 Å². The first kappa shape index (κ1) is 17.0. The number of hydrogen-bond donors (Lipinski definition) is 0. The fourth-order valence-electron chi connectivity index (χ4n) is 1.78. The van der Waals surface area contributed by atoms with Gasteiger partial charge in [0.2, 0.25) is 0 Å². The number of carbonyl (C=O) groups excluding carboxylic acids is 1. The molecule has 0 unspecified atom stereocenters. The SMILES string of the molecule is CCCCN(CC(F)(F)F)C(=O)c1ccc(Br)c(C)c1. The highest BCUT2D eigenvalue weighted by Gasteiger charge is 2.33. The molecule has 112 valence electrons. The largest absolute Gasteiger partial charge is 0.406 e. The maximum atomic E-state index is 12.6. The quantitative estimate of drug-likeness (QED) is 0.761. The van der Waals surface area contributed by atoms with Crippen molar-refractivity contribution in [3.63, 3.8) is 0 Å². The number of rotatable bonds is 5. The Labute approximate surface area is 125 Å². The highest BCUT2D eigenvalue weighted by Crippen LogP contribution is 2.21. The number of carbonyl (C=O) groups is 1. The van der Waals surface area contributed by atoms with E-state index in [1.165, 1.54) is 6.07 Å². The zero-order chi connectivity index (χ0) is 15.3. The molecule has 0 saturated heterocycles. The van der Waals surface area contributed by atoms with Gasteiger partial charge < -0.3 is 4.90 Å². The molecular weight excluding hydrogens is 335 g/mol. The van der Waals surface area contributed by atoms with Crippen LogP contribution in [-0.4, -0.2) is 30.1 Å². The molecule has 0 aliphatic rings. The second-order valence-corrected chi connectivity index (χ2v) is 5.51. The molecule has 0 radical (unpaired) electrons. The zero-order valence-corrected chi connectivity index (χ0v) is 13.0. The smallest absolute Gasteiger partial charge is 0.330 e. The maximum Gasteiger partial charge on any atom is 0.406 e. The van der Waals surface area contributed by atoms with Crippen molar-refractivity contribution in [2.24, 2.45) is 0 Å². The summed E-state index contributed by atoms with van der Waals surface area (Å²) < 4.78 is 38.5. The van der Waals surface area contributed by atoms with Crippen LogP contribution in [0.15, 0.2) is 22.7 Å². The van der Waals surface area contributed by atoms with Crippen molar-refractivity contribution in [3.05, 3.63) is 33.8 Å². The first-order valence-electron chi connectivity index (χ1n) is 6.36. The molecule has 0 saturated carbocycles. The van der Waals surface area contributed by atoms with Gasteiger partial charge in [0.05, 0.1) is 0 Å². The Morgan fingerprint density at radius 2 is 2.00 bits per heavy atom. The van der Waals surface area contributed by atoms with Crippen molar-refractivity contribution in [2.45, 2.75) is 32.9 Å². The van der Waals surface area contributed by atoms with Crippen LogP contribution in [0.3, 0.4) is 0 Å². The Hall–Kier alpha value is -1.04. The molecule has 0 aromatic heterocycles. The number of amides is 1. The molecule has 1 aromatic carbocycles. The van der Waals surface area contributed by atoms with Crippen LogP contribution >= 0.6 is 15.9 Å². The molecule has 20 heavy (non-hydrogen) atoms. The summed E-state index contributed by atoms with van der Waals surface area (Å²) in [6.07, 6.45) is -3.09. The van der Waals surface area contributed by atoms with Gasteiger partial charge in [-0.2, -0.15) is 13.2 Å². The normalized spacial score (nSPS) is 11.5. The van der Waals surface area contributed by atoms with Crippen molar-refractivity contribution in [3.8, 4) is 0 Å². The van der Waals surface area contributed by atoms with Gasteiger partial charge in [0, 0.05) is 16.6 Å². The van der Waals surface area contributed by atoms with Crippen molar-refractivity contribution < 1.29 is 18.0 Å². The van der Waals surface area contributed by atoms with Crippen LogP contribution in [0.4, 0.5) is 13.2 Å². The summed E-state index contributed by atoms with van der Waals surface area (Å²) in [7, 11) is 0. The number of unbranched alkanes of at least 4 members (excludes halogenated alkanes) is 1. The van der Waals surface area contributed by atoms with E-state index in [0.717, 1.165) is 21.4 Å². The average molecular weight is 352 g/mol. The summed E-state index contributed by atoms with van der Waals surface area (Å²) in [6, 6.07) is 4.81. The molecular formula is C14H17BrF3NO. The van der Waals surface area contributed by atoms with Gasteiger partial charge in [-0.15, -0.1) is 0 Å². The lowest BCUT2D eigenvalue weighted by atomic mass is 10.1. The van der Waals surface area contributed by atoms with Crippen LogP contribution in [0.5, 0.6) is 0 Å². The molecule has 0 bridgehead atoms. The summed E-state index contributed by atoms with van der Waals surface area (Å²) in [5, 5.41) is 0. The lowest BCUT2D eigenvalue weighted by Gasteiger charge is -2.24. The average Bonchev–Trinajstić information content (AvgIpc) is 2.35. The van der Waals surface area contributed by atoms with Gasteiger partial charge in [-0.25, -0.2) is 0 Å². The van der Waals surface area contributed by atoms with E-state index >= 15 is 0 Å². The van der Waals surface area contributed by atoms with E-state index in [-0.39, 0.29) is 12.1 Å². The van der Waals surface area contributed by atoms with E-state index in [0.29, 0.717) is 6.42 Å². The van der Waals surface area contributed by atoms with Crippen LogP contribution < -0.4 is 0 Å². The molecule has 2 nitrogen and oxygen atoms in total. The summed E-state index contributed by atoms with van der Waals surface area (Å²) in [5.41, 5.74) is 1.10. The Bertz CT molecular complexity index is 474. The topological polar surface area (TPSA) is 20.3 Å². The highest BCUT2D eigenvalue weighted by atomic mass is 79.9. The zero-order valence-electron chi connectivity index (χ0n) is 11.4. The number of aryl methyl sites for hydroxylation is 1. The minimum Gasteiger partial charge on any atom is -0.330 e. The molecule has 0 aliphatic heterocycles. The molecule has 1 amide bonds. The molecule has 0 spiro atoms. The molecule has 6 heteroatoms. The van der Waals surface area contributed by atoms with Crippen LogP contribution in [0, 0.1) is 6.92 Å². The molecule has 0 fully saturated rings. The van der Waals surface area contributed by atoms with E-state index in [1.807, 2.05) is 6.92 Å². The molecule has 1 rings (SSSR count). The van der Waals surface area contributed by atoms with Gasteiger partial charge in [-0.3, -0.25) is 4.79 Å². The van der Waals surface area contributed by atoms with Crippen molar-refractivity contribution >= 4 is 21.8 Å². The van der Waals surface area contributed by atoms with E-state index in [2.05, 4.69) is 15.9 Å². The van der Waals surface area contributed by atoms with Crippen LogP contribution in [-0.2, 0) is 0 Å². The van der Waals surface area contributed by atoms with Crippen molar-refractivity contribution in [1.29, 1.82) is 0 Å². The lowest BCUT2D eigenvalue weighted by molar-refractivity contribution is -0.140.